The van der Waals surface area contributed by atoms with E-state index in [2.05, 4.69) is 80.4 Å². The lowest BCUT2D eigenvalue weighted by Gasteiger charge is -2.19. The van der Waals surface area contributed by atoms with Crippen molar-refractivity contribution in [2.24, 2.45) is 0 Å². The van der Waals surface area contributed by atoms with Gasteiger partial charge in [0, 0.05) is 8.95 Å². The summed E-state index contributed by atoms with van der Waals surface area (Å²) in [4.78, 5) is 0. The second kappa shape index (κ2) is 11.6. The quantitative estimate of drug-likeness (QED) is 0.187. The Morgan fingerprint density at radius 1 is 0.441 bits per heavy atom. The molecule has 0 radical (unpaired) electrons. The predicted octanol–water partition coefficient (Wildman–Crippen LogP) is 9.32. The second-order valence-electron chi connectivity index (χ2n) is 10.4. The SMILES string of the molecule is Brc1cc(CCCCCc2ccc3c(c2)CC3)c(Br)cc1CCCCCc1ccc2c(c1)CC2. The molecule has 0 saturated heterocycles. The van der Waals surface area contributed by atoms with Crippen molar-refractivity contribution in [1.82, 2.24) is 0 Å². The molecule has 34 heavy (non-hydrogen) atoms. The topological polar surface area (TPSA) is 0 Å². The lowest BCUT2D eigenvalue weighted by Crippen LogP contribution is -2.08. The maximum absolute atomic E-state index is 3.86. The van der Waals surface area contributed by atoms with Gasteiger partial charge in [-0.05, 0) is 134 Å². The van der Waals surface area contributed by atoms with Crippen LogP contribution in [0.25, 0.3) is 0 Å². The van der Waals surface area contributed by atoms with Crippen molar-refractivity contribution in [2.45, 2.75) is 89.9 Å². The molecule has 0 nitrogen and oxygen atoms in total. The molecule has 2 aliphatic carbocycles. The van der Waals surface area contributed by atoms with E-state index in [-0.39, 0.29) is 0 Å². The summed E-state index contributed by atoms with van der Waals surface area (Å²) in [6.45, 7) is 0. The van der Waals surface area contributed by atoms with Crippen molar-refractivity contribution in [2.75, 3.05) is 0 Å². The van der Waals surface area contributed by atoms with Crippen LogP contribution in [-0.4, -0.2) is 0 Å². The van der Waals surface area contributed by atoms with Crippen molar-refractivity contribution >= 4 is 31.9 Å². The molecule has 0 aliphatic heterocycles. The van der Waals surface area contributed by atoms with Crippen molar-refractivity contribution in [1.29, 1.82) is 0 Å². The molecule has 0 spiro atoms. The third-order valence-corrected chi connectivity index (χ3v) is 9.38. The molecule has 0 bridgehead atoms. The van der Waals surface area contributed by atoms with Crippen LogP contribution >= 0.6 is 31.9 Å². The van der Waals surface area contributed by atoms with Crippen LogP contribution in [0.5, 0.6) is 0 Å². The fourth-order valence-corrected chi connectivity index (χ4v) is 6.64. The summed E-state index contributed by atoms with van der Waals surface area (Å²) in [6.07, 6.45) is 17.6. The van der Waals surface area contributed by atoms with Crippen LogP contribution in [0.3, 0.4) is 0 Å². The Hall–Kier alpha value is -1.38. The van der Waals surface area contributed by atoms with Gasteiger partial charge in [-0.2, -0.15) is 0 Å². The van der Waals surface area contributed by atoms with Gasteiger partial charge in [-0.15, -0.1) is 0 Å². The first-order chi connectivity index (χ1) is 16.7. The van der Waals surface area contributed by atoms with Gasteiger partial charge < -0.3 is 0 Å². The summed E-state index contributed by atoms with van der Waals surface area (Å²) in [5, 5.41) is 0. The zero-order valence-corrected chi connectivity index (χ0v) is 23.4. The minimum atomic E-state index is 1.16. The van der Waals surface area contributed by atoms with Crippen LogP contribution in [0.4, 0.5) is 0 Å². The third-order valence-electron chi connectivity index (χ3n) is 7.91. The number of fused-ring (bicyclic) bond motifs is 2. The molecular weight excluding hydrogens is 544 g/mol. The molecule has 0 atom stereocenters. The molecular formula is C32H36Br2. The van der Waals surface area contributed by atoms with Crippen molar-refractivity contribution in [3.05, 3.63) is 102 Å². The van der Waals surface area contributed by atoms with Gasteiger partial charge in [0.1, 0.15) is 0 Å². The van der Waals surface area contributed by atoms with E-state index < -0.39 is 0 Å². The molecule has 0 N–H and O–H groups in total. The summed E-state index contributed by atoms with van der Waals surface area (Å²) < 4.78 is 2.57. The molecule has 5 rings (SSSR count). The lowest BCUT2D eigenvalue weighted by atomic mass is 9.86. The molecule has 3 aromatic carbocycles. The molecule has 0 saturated carbocycles. The van der Waals surface area contributed by atoms with Crippen LogP contribution in [0.2, 0.25) is 0 Å². The highest BCUT2D eigenvalue weighted by Gasteiger charge is 2.13. The highest BCUT2D eigenvalue weighted by Crippen LogP contribution is 2.30. The Labute approximate surface area is 222 Å². The number of hydrogen-bond donors (Lipinski definition) is 0. The van der Waals surface area contributed by atoms with E-state index in [9.17, 15) is 0 Å². The summed E-state index contributed by atoms with van der Waals surface area (Å²) in [6, 6.07) is 19.0. The molecule has 2 heteroatoms. The third kappa shape index (κ3) is 6.05. The Morgan fingerprint density at radius 2 is 0.853 bits per heavy atom. The molecule has 2 aliphatic rings. The number of aryl methyl sites for hydroxylation is 8. The Morgan fingerprint density at radius 3 is 1.24 bits per heavy atom. The standard InChI is InChI=1S/C32H36Br2/c33-31-22-30(10-6-2-4-8-24-12-14-26-16-18-28(26)20-24)32(34)21-29(31)9-5-1-3-7-23-11-13-25-15-17-27(25)19-23/h11-14,19-22H,1-10,15-18H2. The fraction of sp³-hybridized carbons (Fsp3) is 0.438. The van der Waals surface area contributed by atoms with E-state index in [1.54, 1.807) is 22.3 Å². The minimum Gasteiger partial charge on any atom is -0.0588 e. The molecule has 0 fully saturated rings. The van der Waals surface area contributed by atoms with Gasteiger partial charge in [-0.1, -0.05) is 81.1 Å². The minimum absolute atomic E-state index is 1.16. The predicted molar refractivity (Wildman–Crippen MR) is 152 cm³/mol. The highest BCUT2D eigenvalue weighted by atomic mass is 79.9. The smallest absolute Gasteiger partial charge is 0.0210 e. The number of hydrogen-bond acceptors (Lipinski definition) is 0. The number of benzene rings is 3. The van der Waals surface area contributed by atoms with Crippen LogP contribution < -0.4 is 0 Å². The number of unbranched alkanes of at least 4 members (excludes halogenated alkanes) is 4. The number of halogens is 2. The molecule has 178 valence electrons. The maximum atomic E-state index is 3.86. The van der Waals surface area contributed by atoms with Gasteiger partial charge in [0.25, 0.3) is 0 Å². The zero-order chi connectivity index (χ0) is 23.3. The normalized spacial score (nSPS) is 13.7. The van der Waals surface area contributed by atoms with Gasteiger partial charge >= 0.3 is 0 Å². The zero-order valence-electron chi connectivity index (χ0n) is 20.3. The van der Waals surface area contributed by atoms with Gasteiger partial charge in [0.05, 0.1) is 0 Å². The summed E-state index contributed by atoms with van der Waals surface area (Å²) in [5.41, 5.74) is 12.3. The first kappa shape index (κ1) is 24.3. The van der Waals surface area contributed by atoms with Crippen LogP contribution in [0, 0.1) is 0 Å². The first-order valence-electron chi connectivity index (χ1n) is 13.3. The fourth-order valence-electron chi connectivity index (χ4n) is 5.46. The summed E-state index contributed by atoms with van der Waals surface area (Å²) in [7, 11) is 0. The monoisotopic (exact) mass is 578 g/mol. The van der Waals surface area contributed by atoms with Crippen molar-refractivity contribution < 1.29 is 0 Å². The van der Waals surface area contributed by atoms with Crippen LogP contribution in [0.15, 0.2) is 57.5 Å². The molecule has 0 amide bonds. The van der Waals surface area contributed by atoms with Crippen LogP contribution in [0.1, 0.15) is 83.0 Å². The average molecular weight is 580 g/mol. The average Bonchev–Trinajstić information content (AvgIpc) is 2.79. The van der Waals surface area contributed by atoms with E-state index in [0.717, 1.165) is 12.8 Å². The lowest BCUT2D eigenvalue weighted by molar-refractivity contribution is 0.671. The van der Waals surface area contributed by atoms with E-state index in [1.165, 1.54) is 108 Å². The molecule has 0 unspecified atom stereocenters. The van der Waals surface area contributed by atoms with E-state index in [4.69, 9.17) is 0 Å². The van der Waals surface area contributed by atoms with Crippen molar-refractivity contribution in [3.8, 4) is 0 Å². The second-order valence-corrected chi connectivity index (χ2v) is 12.1. The van der Waals surface area contributed by atoms with Crippen LogP contribution in [-0.2, 0) is 51.4 Å². The largest absolute Gasteiger partial charge is 0.0588 e. The first-order valence-corrected chi connectivity index (χ1v) is 14.9. The Kier molecular flexibility index (Phi) is 8.28. The van der Waals surface area contributed by atoms with Crippen molar-refractivity contribution in [3.63, 3.8) is 0 Å². The summed E-state index contributed by atoms with van der Waals surface area (Å²) in [5.74, 6) is 0. The molecule has 3 aromatic rings. The highest BCUT2D eigenvalue weighted by molar-refractivity contribution is 9.11. The van der Waals surface area contributed by atoms with E-state index in [1.807, 2.05) is 0 Å². The molecule has 0 aromatic heterocycles. The van der Waals surface area contributed by atoms with E-state index in [0.29, 0.717) is 0 Å². The Balaban J connectivity index is 1.00. The number of rotatable bonds is 12. The maximum Gasteiger partial charge on any atom is 0.0210 e. The van der Waals surface area contributed by atoms with Gasteiger partial charge in [-0.25, -0.2) is 0 Å². The Bertz CT molecular complexity index is 1050. The summed E-state index contributed by atoms with van der Waals surface area (Å²) >= 11 is 7.72. The van der Waals surface area contributed by atoms with Gasteiger partial charge in [0.15, 0.2) is 0 Å². The molecule has 0 heterocycles. The van der Waals surface area contributed by atoms with Gasteiger partial charge in [-0.3, -0.25) is 0 Å². The van der Waals surface area contributed by atoms with Gasteiger partial charge in [0.2, 0.25) is 0 Å². The van der Waals surface area contributed by atoms with E-state index >= 15 is 0 Å².